The van der Waals surface area contributed by atoms with E-state index in [-0.39, 0.29) is 11.8 Å². The Morgan fingerprint density at radius 1 is 1.20 bits per heavy atom. The molecule has 0 aromatic heterocycles. The summed E-state index contributed by atoms with van der Waals surface area (Å²) in [6, 6.07) is 13.0. The number of hydrogen-bond acceptors (Lipinski definition) is 5. The molecule has 0 spiro atoms. The van der Waals surface area contributed by atoms with E-state index in [2.05, 4.69) is 0 Å². The van der Waals surface area contributed by atoms with Gasteiger partial charge in [0.15, 0.2) is 6.10 Å². The van der Waals surface area contributed by atoms with Crippen LogP contribution in [0.4, 0.5) is 5.69 Å². The predicted molar refractivity (Wildman–Crippen MR) is 117 cm³/mol. The van der Waals surface area contributed by atoms with Crippen molar-refractivity contribution in [2.75, 3.05) is 39.2 Å². The number of esters is 1. The van der Waals surface area contributed by atoms with Gasteiger partial charge in [0.05, 0.1) is 7.11 Å². The molecule has 0 saturated heterocycles. The number of anilines is 1. The molecule has 0 unspecified atom stereocenters. The van der Waals surface area contributed by atoms with E-state index >= 15 is 0 Å². The molecule has 30 heavy (non-hydrogen) atoms. The Hall–Kier alpha value is -2.57. The monoisotopic (exact) mass is 430 g/mol. The lowest BCUT2D eigenvalue weighted by Gasteiger charge is -2.29. The molecule has 1 aliphatic heterocycles. The maximum absolute atomic E-state index is 13.6. The minimum absolute atomic E-state index is 0.228. The number of hydrogen-bond donors (Lipinski definition) is 0. The number of methoxy groups -OCH3 is 1. The highest BCUT2D eigenvalue weighted by atomic mass is 35.5. The SMILES string of the molecule is COc1ccc([C@@H]2Cc3cc(Cl)ccc3N(CCN(C)C)C(=O)[C@@H]2OC(C)=O)cc1. The van der Waals surface area contributed by atoms with Gasteiger partial charge in [0, 0.05) is 36.6 Å². The maximum Gasteiger partial charge on any atom is 0.303 e. The lowest BCUT2D eigenvalue weighted by atomic mass is 9.87. The molecule has 7 heteroatoms. The third-order valence-corrected chi connectivity index (χ3v) is 5.49. The van der Waals surface area contributed by atoms with Crippen molar-refractivity contribution < 1.29 is 19.1 Å². The zero-order valence-electron chi connectivity index (χ0n) is 17.7. The fourth-order valence-electron chi connectivity index (χ4n) is 3.76. The molecule has 2 aromatic carbocycles. The number of amides is 1. The average Bonchev–Trinajstić information content (AvgIpc) is 2.81. The van der Waals surface area contributed by atoms with Gasteiger partial charge in [-0.3, -0.25) is 9.59 Å². The Labute approximate surface area is 182 Å². The van der Waals surface area contributed by atoms with E-state index in [4.69, 9.17) is 21.1 Å². The molecule has 0 radical (unpaired) electrons. The van der Waals surface area contributed by atoms with Crippen LogP contribution in [0.3, 0.4) is 0 Å². The Morgan fingerprint density at radius 3 is 2.50 bits per heavy atom. The van der Waals surface area contributed by atoms with E-state index in [1.165, 1.54) is 6.92 Å². The molecule has 0 fully saturated rings. The summed E-state index contributed by atoms with van der Waals surface area (Å²) < 4.78 is 10.9. The zero-order chi connectivity index (χ0) is 21.8. The molecular weight excluding hydrogens is 404 g/mol. The summed E-state index contributed by atoms with van der Waals surface area (Å²) in [6.07, 6.45) is -0.408. The van der Waals surface area contributed by atoms with Gasteiger partial charge >= 0.3 is 5.97 Å². The van der Waals surface area contributed by atoms with E-state index in [0.717, 1.165) is 22.6 Å². The largest absolute Gasteiger partial charge is 0.497 e. The molecule has 6 nitrogen and oxygen atoms in total. The summed E-state index contributed by atoms with van der Waals surface area (Å²) in [5.74, 6) is -0.329. The Kier molecular flexibility index (Phi) is 7.00. The Balaban J connectivity index is 2.09. The van der Waals surface area contributed by atoms with Crippen LogP contribution < -0.4 is 9.64 Å². The molecule has 0 saturated carbocycles. The standard InChI is InChI=1S/C23H27ClN2O4/c1-15(27)30-22-20(16-5-8-19(29-4)9-6-16)14-17-13-18(24)7-10-21(17)26(23(22)28)12-11-25(2)3/h5-10,13,20,22H,11-12,14H2,1-4H3/t20-,22+/m0/s1. The van der Waals surface area contributed by atoms with Crippen LogP contribution in [0.2, 0.25) is 5.02 Å². The van der Waals surface area contributed by atoms with Crippen LogP contribution in [-0.4, -0.2) is 57.2 Å². The third kappa shape index (κ3) is 4.94. The Bertz CT molecular complexity index is 914. The van der Waals surface area contributed by atoms with Crippen molar-refractivity contribution in [1.29, 1.82) is 0 Å². The summed E-state index contributed by atoms with van der Waals surface area (Å²) in [5, 5.41) is 0.605. The van der Waals surface area contributed by atoms with Crippen LogP contribution in [0.25, 0.3) is 0 Å². The van der Waals surface area contributed by atoms with Crippen molar-refractivity contribution in [3.63, 3.8) is 0 Å². The molecule has 1 heterocycles. The van der Waals surface area contributed by atoms with E-state index < -0.39 is 12.1 Å². The quantitative estimate of drug-likeness (QED) is 0.656. The average molecular weight is 431 g/mol. The molecule has 2 aromatic rings. The number of benzene rings is 2. The lowest BCUT2D eigenvalue weighted by molar-refractivity contribution is -0.154. The van der Waals surface area contributed by atoms with Gasteiger partial charge in [0.1, 0.15) is 5.75 Å². The van der Waals surface area contributed by atoms with Crippen LogP contribution >= 0.6 is 11.6 Å². The fraction of sp³-hybridized carbons (Fsp3) is 0.391. The van der Waals surface area contributed by atoms with Crippen LogP contribution in [0, 0.1) is 0 Å². The van der Waals surface area contributed by atoms with Gasteiger partial charge in [-0.2, -0.15) is 0 Å². The van der Waals surface area contributed by atoms with E-state index in [1.807, 2.05) is 55.4 Å². The molecule has 0 N–H and O–H groups in total. The van der Waals surface area contributed by atoms with Crippen LogP contribution in [0.15, 0.2) is 42.5 Å². The van der Waals surface area contributed by atoms with Gasteiger partial charge in [0.25, 0.3) is 5.91 Å². The lowest BCUT2D eigenvalue weighted by Crippen LogP contribution is -2.45. The topological polar surface area (TPSA) is 59.1 Å². The number of ether oxygens (including phenoxy) is 2. The van der Waals surface area contributed by atoms with Crippen LogP contribution in [0.1, 0.15) is 24.0 Å². The van der Waals surface area contributed by atoms with E-state index in [9.17, 15) is 9.59 Å². The zero-order valence-corrected chi connectivity index (χ0v) is 18.5. The smallest absolute Gasteiger partial charge is 0.303 e. The third-order valence-electron chi connectivity index (χ3n) is 5.25. The first-order valence-electron chi connectivity index (χ1n) is 9.86. The fourth-order valence-corrected chi connectivity index (χ4v) is 3.95. The molecule has 160 valence electrons. The molecular formula is C23H27ClN2O4. The van der Waals surface area contributed by atoms with Gasteiger partial charge in [-0.05, 0) is 62.0 Å². The predicted octanol–water partition coefficient (Wildman–Crippen LogP) is 3.51. The van der Waals surface area contributed by atoms with Crippen molar-refractivity contribution in [3.05, 3.63) is 58.6 Å². The Morgan fingerprint density at radius 2 is 1.90 bits per heavy atom. The molecule has 0 aliphatic carbocycles. The van der Waals surface area contributed by atoms with Crippen molar-refractivity contribution in [2.45, 2.75) is 25.4 Å². The molecule has 1 amide bonds. The van der Waals surface area contributed by atoms with E-state index in [0.29, 0.717) is 24.5 Å². The highest BCUT2D eigenvalue weighted by Crippen LogP contribution is 2.38. The second-order valence-corrected chi connectivity index (χ2v) is 8.12. The second kappa shape index (κ2) is 9.49. The first-order valence-corrected chi connectivity index (χ1v) is 10.2. The van der Waals surface area contributed by atoms with Gasteiger partial charge in [0.2, 0.25) is 0 Å². The number of fused-ring (bicyclic) bond motifs is 1. The van der Waals surface area contributed by atoms with Crippen molar-refractivity contribution in [3.8, 4) is 5.75 Å². The van der Waals surface area contributed by atoms with Gasteiger partial charge < -0.3 is 19.3 Å². The summed E-state index contributed by atoms with van der Waals surface area (Å²) in [5.41, 5.74) is 2.65. The first kappa shape index (κ1) is 22.1. The second-order valence-electron chi connectivity index (χ2n) is 7.68. The minimum Gasteiger partial charge on any atom is -0.497 e. The molecule has 0 bridgehead atoms. The van der Waals surface area contributed by atoms with Gasteiger partial charge in [-0.1, -0.05) is 23.7 Å². The number of halogens is 1. The van der Waals surface area contributed by atoms with Crippen LogP contribution in [-0.2, 0) is 20.7 Å². The summed E-state index contributed by atoms with van der Waals surface area (Å²) in [6.45, 7) is 2.48. The summed E-state index contributed by atoms with van der Waals surface area (Å²) >= 11 is 6.28. The maximum atomic E-state index is 13.6. The number of nitrogens with zero attached hydrogens (tertiary/aromatic N) is 2. The minimum atomic E-state index is -0.927. The normalized spacial score (nSPS) is 18.7. The van der Waals surface area contributed by atoms with Crippen LogP contribution in [0.5, 0.6) is 5.75 Å². The van der Waals surface area contributed by atoms with Crippen molar-refractivity contribution in [1.82, 2.24) is 4.90 Å². The summed E-state index contributed by atoms with van der Waals surface area (Å²) in [7, 11) is 5.51. The van der Waals surface area contributed by atoms with Crippen molar-refractivity contribution >= 4 is 29.2 Å². The number of carbonyl (C=O) groups excluding carboxylic acids is 2. The molecule has 2 atom stereocenters. The number of rotatable bonds is 6. The molecule has 3 rings (SSSR count). The van der Waals surface area contributed by atoms with Gasteiger partial charge in [-0.15, -0.1) is 0 Å². The highest BCUT2D eigenvalue weighted by molar-refractivity contribution is 6.30. The summed E-state index contributed by atoms with van der Waals surface area (Å²) in [4.78, 5) is 29.2. The number of carbonyl (C=O) groups is 2. The highest BCUT2D eigenvalue weighted by Gasteiger charge is 2.40. The molecule has 1 aliphatic rings. The van der Waals surface area contributed by atoms with Crippen molar-refractivity contribution in [2.24, 2.45) is 0 Å². The van der Waals surface area contributed by atoms with Gasteiger partial charge in [-0.25, -0.2) is 0 Å². The number of likely N-dealkylation sites (N-methyl/N-ethyl adjacent to an activating group) is 1. The van der Waals surface area contributed by atoms with E-state index in [1.54, 1.807) is 18.1 Å². The first-order chi connectivity index (χ1) is 14.3.